The monoisotopic (exact) mass is 384 g/mol. The normalized spacial score (nSPS) is 13.2. The number of fused-ring (bicyclic) bond motifs is 3. The lowest BCUT2D eigenvalue weighted by atomic mass is 9.98. The third-order valence-electron chi connectivity index (χ3n) is 4.63. The van der Waals surface area contributed by atoms with E-state index < -0.39 is 30.4 Å². The van der Waals surface area contributed by atoms with Crippen LogP contribution in [0.2, 0.25) is 0 Å². The Kier molecular flexibility index (Phi) is 5.60. The number of hydroxylamine groups is 2. The number of carboxylic acids is 1. The number of benzene rings is 2. The molecule has 3 rings (SSSR count). The van der Waals surface area contributed by atoms with Crippen molar-refractivity contribution in [2.75, 3.05) is 13.7 Å². The van der Waals surface area contributed by atoms with Crippen molar-refractivity contribution in [1.29, 1.82) is 0 Å². The molecule has 0 radical (unpaired) electrons. The summed E-state index contributed by atoms with van der Waals surface area (Å²) in [5, 5.41) is 20.6. The summed E-state index contributed by atoms with van der Waals surface area (Å²) in [6.07, 6.45) is -1.60. The molecule has 2 aromatic rings. The van der Waals surface area contributed by atoms with Gasteiger partial charge in [0.05, 0.1) is 6.42 Å². The van der Waals surface area contributed by atoms with Crippen LogP contribution in [0.3, 0.4) is 0 Å². The molecule has 8 nitrogen and oxygen atoms in total. The zero-order valence-electron chi connectivity index (χ0n) is 15.2. The van der Waals surface area contributed by atoms with E-state index in [4.69, 9.17) is 9.84 Å². The summed E-state index contributed by atoms with van der Waals surface area (Å²) >= 11 is 0. The maximum absolute atomic E-state index is 12.2. The van der Waals surface area contributed by atoms with Crippen molar-refractivity contribution in [2.45, 2.75) is 18.4 Å². The van der Waals surface area contributed by atoms with Crippen LogP contribution in [0.5, 0.6) is 0 Å². The largest absolute Gasteiger partial charge is 0.481 e. The van der Waals surface area contributed by atoms with Crippen LogP contribution in [0, 0.1) is 0 Å². The fourth-order valence-corrected chi connectivity index (χ4v) is 3.38. The number of carboxylic acid groups (broad SMARTS) is 1. The van der Waals surface area contributed by atoms with Gasteiger partial charge in [0.25, 0.3) is 5.91 Å². The molecule has 0 spiro atoms. The van der Waals surface area contributed by atoms with Gasteiger partial charge in [0.2, 0.25) is 0 Å². The van der Waals surface area contributed by atoms with E-state index in [1.54, 1.807) is 0 Å². The molecule has 146 valence electrons. The zero-order chi connectivity index (χ0) is 20.3. The van der Waals surface area contributed by atoms with E-state index in [1.807, 2.05) is 48.5 Å². The van der Waals surface area contributed by atoms with Crippen LogP contribution < -0.4 is 5.32 Å². The number of hydrogen-bond donors (Lipinski definition) is 3. The maximum Gasteiger partial charge on any atom is 0.407 e. The van der Waals surface area contributed by atoms with E-state index in [0.29, 0.717) is 0 Å². The quantitative estimate of drug-likeness (QED) is 0.519. The van der Waals surface area contributed by atoms with Gasteiger partial charge in [0, 0.05) is 13.0 Å². The van der Waals surface area contributed by atoms with E-state index in [1.165, 1.54) is 0 Å². The van der Waals surface area contributed by atoms with Crippen molar-refractivity contribution in [3.05, 3.63) is 59.7 Å². The van der Waals surface area contributed by atoms with Crippen LogP contribution in [-0.4, -0.2) is 53.0 Å². The molecule has 3 N–H and O–H groups in total. The van der Waals surface area contributed by atoms with Crippen molar-refractivity contribution >= 4 is 18.0 Å². The minimum atomic E-state index is -1.43. The molecule has 1 unspecified atom stereocenters. The van der Waals surface area contributed by atoms with Gasteiger partial charge in [-0.2, -0.15) is 0 Å². The van der Waals surface area contributed by atoms with E-state index >= 15 is 0 Å². The molecule has 8 heteroatoms. The van der Waals surface area contributed by atoms with E-state index in [0.717, 1.165) is 29.3 Å². The molecule has 0 aliphatic heterocycles. The number of ether oxygens (including phenoxy) is 1. The number of carbonyl (C=O) groups excluding carboxylic acids is 2. The Morgan fingerprint density at radius 1 is 1.07 bits per heavy atom. The Hall–Kier alpha value is -3.39. The van der Waals surface area contributed by atoms with Crippen molar-refractivity contribution in [3.8, 4) is 11.1 Å². The number of amides is 2. The Labute approximate surface area is 161 Å². The van der Waals surface area contributed by atoms with E-state index in [9.17, 15) is 19.6 Å². The first-order chi connectivity index (χ1) is 13.4. The molecule has 0 heterocycles. The SMILES string of the molecule is CN(O)C(=O)C(CC(=O)O)NC(=O)OCC1c2ccccc2-c2ccccc21. The van der Waals surface area contributed by atoms with Gasteiger partial charge in [-0.05, 0) is 22.3 Å². The molecular weight excluding hydrogens is 364 g/mol. The Morgan fingerprint density at radius 3 is 2.11 bits per heavy atom. The molecule has 0 saturated heterocycles. The van der Waals surface area contributed by atoms with Gasteiger partial charge in [-0.25, -0.2) is 9.86 Å². The summed E-state index contributed by atoms with van der Waals surface area (Å²) in [6, 6.07) is 14.2. The maximum atomic E-state index is 12.2. The Morgan fingerprint density at radius 2 is 1.61 bits per heavy atom. The van der Waals surface area contributed by atoms with Gasteiger partial charge in [-0.3, -0.25) is 14.8 Å². The number of alkyl carbamates (subject to hydrolysis) is 1. The minimum Gasteiger partial charge on any atom is -0.481 e. The summed E-state index contributed by atoms with van der Waals surface area (Å²) in [7, 11) is 1.05. The number of aliphatic carboxylic acids is 1. The predicted octanol–water partition coefficient (Wildman–Crippen LogP) is 2.22. The lowest BCUT2D eigenvalue weighted by Crippen LogP contribution is -2.47. The number of carbonyl (C=O) groups is 3. The average Bonchev–Trinajstić information content (AvgIpc) is 2.99. The summed E-state index contributed by atoms with van der Waals surface area (Å²) in [6.45, 7) is 0.0306. The molecule has 1 aliphatic rings. The highest BCUT2D eigenvalue weighted by Crippen LogP contribution is 2.44. The highest BCUT2D eigenvalue weighted by atomic mass is 16.5. The third kappa shape index (κ3) is 3.96. The van der Waals surface area contributed by atoms with Crippen molar-refractivity contribution < 1.29 is 29.4 Å². The van der Waals surface area contributed by atoms with Gasteiger partial charge in [-0.15, -0.1) is 0 Å². The summed E-state index contributed by atoms with van der Waals surface area (Å²) in [4.78, 5) is 34.9. The standard InChI is InChI=1S/C20H20N2O6/c1-22(27)19(25)17(10-18(23)24)21-20(26)28-11-16-14-8-4-2-6-12(14)13-7-3-5-9-15(13)16/h2-9,16-17,27H,10-11H2,1H3,(H,21,26)(H,23,24). The fourth-order valence-electron chi connectivity index (χ4n) is 3.38. The fraction of sp³-hybridized carbons (Fsp3) is 0.250. The lowest BCUT2D eigenvalue weighted by Gasteiger charge is -2.20. The van der Waals surface area contributed by atoms with Crippen LogP contribution in [0.1, 0.15) is 23.5 Å². The van der Waals surface area contributed by atoms with Crippen LogP contribution in [0.15, 0.2) is 48.5 Å². The Bertz CT molecular complexity index is 866. The lowest BCUT2D eigenvalue weighted by molar-refractivity contribution is -0.163. The number of nitrogens with zero attached hydrogens (tertiary/aromatic N) is 1. The first-order valence-corrected chi connectivity index (χ1v) is 8.68. The molecular formula is C20H20N2O6. The molecule has 0 aromatic heterocycles. The molecule has 0 fully saturated rings. The summed E-state index contributed by atoms with van der Waals surface area (Å²) in [5.41, 5.74) is 4.22. The van der Waals surface area contributed by atoms with Crippen LogP contribution in [0.4, 0.5) is 4.79 Å². The zero-order valence-corrected chi connectivity index (χ0v) is 15.2. The molecule has 0 saturated carbocycles. The number of likely N-dealkylation sites (N-methyl/N-ethyl adjacent to an activating group) is 1. The first-order valence-electron chi connectivity index (χ1n) is 8.68. The second kappa shape index (κ2) is 8.10. The minimum absolute atomic E-state index is 0.0306. The van der Waals surface area contributed by atoms with Gasteiger partial charge in [0.15, 0.2) is 0 Å². The van der Waals surface area contributed by atoms with Gasteiger partial charge >= 0.3 is 12.1 Å². The Balaban J connectivity index is 1.70. The van der Waals surface area contributed by atoms with Crippen LogP contribution in [0.25, 0.3) is 11.1 Å². The third-order valence-corrected chi connectivity index (χ3v) is 4.63. The molecule has 2 aromatic carbocycles. The van der Waals surface area contributed by atoms with E-state index in [2.05, 4.69) is 5.32 Å². The molecule has 1 atom stereocenters. The number of hydrogen-bond acceptors (Lipinski definition) is 5. The molecule has 2 amide bonds. The van der Waals surface area contributed by atoms with Gasteiger partial charge < -0.3 is 15.2 Å². The van der Waals surface area contributed by atoms with Crippen molar-refractivity contribution in [2.24, 2.45) is 0 Å². The number of nitrogens with one attached hydrogen (secondary N) is 1. The summed E-state index contributed by atoms with van der Waals surface area (Å²) < 4.78 is 5.29. The highest BCUT2D eigenvalue weighted by molar-refractivity contribution is 5.88. The van der Waals surface area contributed by atoms with E-state index in [-0.39, 0.29) is 17.6 Å². The number of rotatable bonds is 6. The predicted molar refractivity (Wildman–Crippen MR) is 98.8 cm³/mol. The average molecular weight is 384 g/mol. The van der Waals surface area contributed by atoms with Crippen LogP contribution >= 0.6 is 0 Å². The molecule has 0 bridgehead atoms. The second-order valence-corrected chi connectivity index (χ2v) is 6.48. The van der Waals surface area contributed by atoms with Crippen LogP contribution in [-0.2, 0) is 14.3 Å². The smallest absolute Gasteiger partial charge is 0.407 e. The molecule has 28 heavy (non-hydrogen) atoms. The summed E-state index contributed by atoms with van der Waals surface area (Å²) in [5.74, 6) is -2.40. The topological polar surface area (TPSA) is 116 Å². The van der Waals surface area contributed by atoms with Gasteiger partial charge in [-0.1, -0.05) is 48.5 Å². The first kappa shape index (κ1) is 19.4. The highest BCUT2D eigenvalue weighted by Gasteiger charge is 2.30. The van der Waals surface area contributed by atoms with Gasteiger partial charge in [0.1, 0.15) is 12.6 Å². The molecule has 1 aliphatic carbocycles. The van der Waals surface area contributed by atoms with Crippen molar-refractivity contribution in [3.63, 3.8) is 0 Å². The second-order valence-electron chi connectivity index (χ2n) is 6.48. The van der Waals surface area contributed by atoms with Crippen molar-refractivity contribution in [1.82, 2.24) is 10.4 Å².